The first-order chi connectivity index (χ1) is 11.1. The van der Waals surface area contributed by atoms with Crippen LogP contribution in [-0.2, 0) is 11.2 Å². The van der Waals surface area contributed by atoms with E-state index in [1.165, 1.54) is 7.11 Å². The van der Waals surface area contributed by atoms with Crippen molar-refractivity contribution in [2.75, 3.05) is 7.11 Å². The molecule has 0 atom stereocenters. The highest BCUT2D eigenvalue weighted by Gasteiger charge is 2.15. The summed E-state index contributed by atoms with van der Waals surface area (Å²) < 4.78 is 4.65. The molecule has 0 aliphatic carbocycles. The molecule has 0 saturated carbocycles. The quantitative estimate of drug-likeness (QED) is 0.755. The van der Waals surface area contributed by atoms with Gasteiger partial charge in [0.1, 0.15) is 5.56 Å². The van der Waals surface area contributed by atoms with Crippen molar-refractivity contribution in [1.82, 2.24) is 9.97 Å². The number of rotatable bonds is 3. The van der Waals surface area contributed by atoms with E-state index in [2.05, 4.69) is 14.7 Å². The number of aromatic amines is 1. The fourth-order valence-corrected chi connectivity index (χ4v) is 2.60. The zero-order valence-electron chi connectivity index (χ0n) is 12.9. The van der Waals surface area contributed by atoms with Crippen molar-refractivity contribution in [2.24, 2.45) is 0 Å². The van der Waals surface area contributed by atoms with Crippen molar-refractivity contribution < 1.29 is 9.53 Å². The van der Waals surface area contributed by atoms with Crippen LogP contribution in [0.5, 0.6) is 0 Å². The van der Waals surface area contributed by atoms with Crippen LogP contribution in [0.2, 0.25) is 0 Å². The lowest BCUT2D eigenvalue weighted by molar-refractivity contribution is 0.0598. The minimum absolute atomic E-state index is 0.0237. The Kier molecular flexibility index (Phi) is 3.93. The van der Waals surface area contributed by atoms with Crippen molar-refractivity contribution in [1.29, 1.82) is 0 Å². The van der Waals surface area contributed by atoms with Crippen molar-refractivity contribution in [3.05, 3.63) is 64.1 Å². The van der Waals surface area contributed by atoms with Crippen molar-refractivity contribution in [2.45, 2.75) is 13.3 Å². The van der Waals surface area contributed by atoms with E-state index < -0.39 is 11.5 Å². The number of fused-ring (bicyclic) bond motifs is 1. The van der Waals surface area contributed by atoms with Gasteiger partial charge in [-0.3, -0.25) is 9.78 Å². The summed E-state index contributed by atoms with van der Waals surface area (Å²) in [5, 5.41) is 0.991. The third-order valence-corrected chi connectivity index (χ3v) is 3.80. The Morgan fingerprint density at radius 1 is 1.26 bits per heavy atom. The van der Waals surface area contributed by atoms with Gasteiger partial charge in [0.2, 0.25) is 0 Å². The molecule has 1 aromatic carbocycles. The number of hydrogen-bond donors (Lipinski definition) is 1. The van der Waals surface area contributed by atoms with E-state index in [9.17, 15) is 9.59 Å². The number of H-pyrrole nitrogens is 1. The molecule has 5 nitrogen and oxygen atoms in total. The summed E-state index contributed by atoms with van der Waals surface area (Å²) in [6.45, 7) is 1.97. The van der Waals surface area contributed by atoms with Crippen LogP contribution in [0, 0.1) is 0 Å². The molecule has 0 aliphatic rings. The topological polar surface area (TPSA) is 72.1 Å². The molecule has 0 bridgehead atoms. The van der Waals surface area contributed by atoms with Gasteiger partial charge in [-0.05, 0) is 41.8 Å². The van der Waals surface area contributed by atoms with Crippen LogP contribution in [0.1, 0.15) is 22.8 Å². The van der Waals surface area contributed by atoms with Crippen molar-refractivity contribution in [3.63, 3.8) is 0 Å². The van der Waals surface area contributed by atoms with E-state index in [-0.39, 0.29) is 5.56 Å². The SMILES string of the molecule is CCc1cc(C(=O)OC)c(=O)[nH]c1-c1ccc2ncccc2c1. The fourth-order valence-electron chi connectivity index (χ4n) is 2.60. The Labute approximate surface area is 133 Å². The second kappa shape index (κ2) is 6.04. The maximum Gasteiger partial charge on any atom is 0.343 e. The van der Waals surface area contributed by atoms with E-state index in [1.807, 2.05) is 37.3 Å². The average molecular weight is 308 g/mol. The lowest BCUT2D eigenvalue weighted by Crippen LogP contribution is -2.20. The number of nitrogens with one attached hydrogen (secondary N) is 1. The number of esters is 1. The molecule has 0 unspecified atom stereocenters. The lowest BCUT2D eigenvalue weighted by atomic mass is 10.0. The van der Waals surface area contributed by atoms with Gasteiger partial charge in [0.05, 0.1) is 18.3 Å². The van der Waals surface area contributed by atoms with Gasteiger partial charge in [-0.15, -0.1) is 0 Å². The molecule has 2 aromatic heterocycles. The maximum atomic E-state index is 12.2. The number of pyridine rings is 2. The molecule has 1 N–H and O–H groups in total. The second-order valence-corrected chi connectivity index (χ2v) is 5.17. The van der Waals surface area contributed by atoms with Gasteiger partial charge in [-0.2, -0.15) is 0 Å². The Hall–Kier alpha value is -2.95. The number of aryl methyl sites for hydroxylation is 1. The lowest BCUT2D eigenvalue weighted by Gasteiger charge is -2.10. The first-order valence-electron chi connectivity index (χ1n) is 7.33. The van der Waals surface area contributed by atoms with Crippen LogP contribution in [0.25, 0.3) is 22.2 Å². The minimum atomic E-state index is -0.629. The summed E-state index contributed by atoms with van der Waals surface area (Å²) in [5.41, 5.74) is 2.95. The largest absolute Gasteiger partial charge is 0.465 e. The molecule has 0 fully saturated rings. The number of carbonyl (C=O) groups is 1. The third kappa shape index (κ3) is 2.73. The number of ether oxygens (including phenoxy) is 1. The Balaban J connectivity index is 2.19. The summed E-state index contributed by atoms with van der Waals surface area (Å²) >= 11 is 0. The first kappa shape index (κ1) is 15.0. The van der Waals surface area contributed by atoms with Crippen LogP contribution >= 0.6 is 0 Å². The predicted octanol–water partition coefficient (Wildman–Crippen LogP) is 2.94. The summed E-state index contributed by atoms with van der Waals surface area (Å²) in [6.07, 6.45) is 2.42. The van der Waals surface area contributed by atoms with E-state index in [4.69, 9.17) is 0 Å². The molecule has 0 radical (unpaired) electrons. The number of methoxy groups -OCH3 is 1. The number of hydrogen-bond acceptors (Lipinski definition) is 4. The smallest absolute Gasteiger partial charge is 0.343 e. The van der Waals surface area contributed by atoms with Gasteiger partial charge in [0.15, 0.2) is 0 Å². The van der Waals surface area contributed by atoms with Gasteiger partial charge < -0.3 is 9.72 Å². The Bertz CT molecular complexity index is 944. The van der Waals surface area contributed by atoms with Crippen LogP contribution in [0.4, 0.5) is 0 Å². The van der Waals surface area contributed by atoms with Crippen LogP contribution in [0.15, 0.2) is 47.4 Å². The molecule has 3 aromatic rings. The van der Waals surface area contributed by atoms with Gasteiger partial charge >= 0.3 is 5.97 Å². The van der Waals surface area contributed by atoms with E-state index in [0.717, 1.165) is 27.7 Å². The van der Waals surface area contributed by atoms with Crippen LogP contribution in [0.3, 0.4) is 0 Å². The number of benzene rings is 1. The Morgan fingerprint density at radius 2 is 2.09 bits per heavy atom. The highest BCUT2D eigenvalue weighted by Crippen LogP contribution is 2.25. The van der Waals surface area contributed by atoms with Crippen LogP contribution in [-0.4, -0.2) is 23.0 Å². The van der Waals surface area contributed by atoms with Gasteiger partial charge in [-0.1, -0.05) is 19.1 Å². The first-order valence-corrected chi connectivity index (χ1v) is 7.33. The molecule has 5 heteroatoms. The fraction of sp³-hybridized carbons (Fsp3) is 0.167. The summed E-state index contributed by atoms with van der Waals surface area (Å²) in [6, 6.07) is 11.3. The average Bonchev–Trinajstić information content (AvgIpc) is 2.60. The number of aromatic nitrogens is 2. The number of carbonyl (C=O) groups excluding carboxylic acids is 1. The zero-order chi connectivity index (χ0) is 16.4. The predicted molar refractivity (Wildman–Crippen MR) is 88.5 cm³/mol. The van der Waals surface area contributed by atoms with Crippen molar-refractivity contribution >= 4 is 16.9 Å². The highest BCUT2D eigenvalue weighted by atomic mass is 16.5. The molecule has 23 heavy (non-hydrogen) atoms. The van der Waals surface area contributed by atoms with E-state index in [0.29, 0.717) is 6.42 Å². The molecular weight excluding hydrogens is 292 g/mol. The maximum absolute atomic E-state index is 12.2. The van der Waals surface area contributed by atoms with Gasteiger partial charge in [0, 0.05) is 11.6 Å². The molecule has 3 rings (SSSR count). The number of nitrogens with zero attached hydrogens (tertiary/aromatic N) is 1. The normalized spacial score (nSPS) is 10.7. The monoisotopic (exact) mass is 308 g/mol. The summed E-state index contributed by atoms with van der Waals surface area (Å²) in [5.74, 6) is -0.629. The molecule has 2 heterocycles. The Morgan fingerprint density at radius 3 is 2.83 bits per heavy atom. The standard InChI is InChI=1S/C18H16N2O3/c1-3-11-10-14(18(22)23-2)17(21)20-16(11)13-6-7-15-12(9-13)5-4-8-19-15/h4-10H,3H2,1-2H3,(H,20,21). The zero-order valence-corrected chi connectivity index (χ0v) is 12.9. The van der Waals surface area contributed by atoms with Gasteiger partial charge in [-0.25, -0.2) is 4.79 Å². The second-order valence-electron chi connectivity index (χ2n) is 5.17. The highest BCUT2D eigenvalue weighted by molar-refractivity contribution is 5.90. The summed E-state index contributed by atoms with van der Waals surface area (Å²) in [7, 11) is 1.26. The minimum Gasteiger partial charge on any atom is -0.465 e. The molecule has 116 valence electrons. The molecule has 0 saturated heterocycles. The van der Waals surface area contributed by atoms with E-state index in [1.54, 1.807) is 12.3 Å². The molecular formula is C18H16N2O3. The van der Waals surface area contributed by atoms with Gasteiger partial charge in [0.25, 0.3) is 5.56 Å². The molecule has 0 spiro atoms. The van der Waals surface area contributed by atoms with Crippen molar-refractivity contribution in [3.8, 4) is 11.3 Å². The molecule has 0 aliphatic heterocycles. The van der Waals surface area contributed by atoms with E-state index >= 15 is 0 Å². The summed E-state index contributed by atoms with van der Waals surface area (Å²) in [4.78, 5) is 31.0. The van der Waals surface area contributed by atoms with Crippen LogP contribution < -0.4 is 5.56 Å². The molecule has 0 amide bonds. The third-order valence-electron chi connectivity index (χ3n) is 3.80.